The first-order valence-electron chi connectivity index (χ1n) is 9.18. The summed E-state index contributed by atoms with van der Waals surface area (Å²) < 4.78 is 0. The number of allylic oxidation sites excluding steroid dienone is 3. The lowest BCUT2D eigenvalue weighted by atomic mass is 9.90. The zero-order valence-corrected chi connectivity index (χ0v) is 17.3. The maximum Gasteiger partial charge on any atom is 0.160 e. The fraction of sp³-hybridized carbons (Fsp3) is 0.455. The number of carbonyl (C=O) groups is 2. The van der Waals surface area contributed by atoms with Crippen LogP contribution in [0.5, 0.6) is 11.5 Å². The van der Waals surface area contributed by atoms with E-state index in [4.69, 9.17) is 11.6 Å². The van der Waals surface area contributed by atoms with Gasteiger partial charge in [0.1, 0.15) is 11.5 Å². The highest BCUT2D eigenvalue weighted by Crippen LogP contribution is 2.40. The molecule has 2 N–H and O–H groups in total. The number of phenolic OH excluding ortho intramolecular Hbond substituents is 2. The van der Waals surface area contributed by atoms with Crippen LogP contribution in [0.2, 0.25) is 5.02 Å². The first-order valence-corrected chi connectivity index (χ1v) is 9.55. The molecule has 0 saturated carbocycles. The molecule has 0 aliphatic carbocycles. The van der Waals surface area contributed by atoms with Gasteiger partial charge in [0.15, 0.2) is 12.1 Å². The second-order valence-electron chi connectivity index (χ2n) is 7.64. The molecular formula is C22H29ClO4. The van der Waals surface area contributed by atoms with Crippen molar-refractivity contribution < 1.29 is 19.8 Å². The van der Waals surface area contributed by atoms with Crippen LogP contribution in [-0.4, -0.2) is 22.3 Å². The van der Waals surface area contributed by atoms with Crippen LogP contribution in [0.25, 0.3) is 6.08 Å². The second-order valence-corrected chi connectivity index (χ2v) is 8.02. The predicted molar refractivity (Wildman–Crippen MR) is 111 cm³/mol. The van der Waals surface area contributed by atoms with Crippen molar-refractivity contribution in [2.24, 2.45) is 5.41 Å². The molecule has 0 aromatic heterocycles. The molecule has 5 heteroatoms. The molecular weight excluding hydrogens is 364 g/mol. The second kappa shape index (κ2) is 10.3. The number of aldehydes is 1. The first kappa shape index (κ1) is 23.0. The molecule has 0 spiro atoms. The number of benzene rings is 1. The van der Waals surface area contributed by atoms with Crippen molar-refractivity contribution in [2.75, 3.05) is 0 Å². The molecule has 1 aromatic carbocycles. The number of rotatable bonds is 9. The van der Waals surface area contributed by atoms with Gasteiger partial charge in [0.25, 0.3) is 0 Å². The Kier molecular flexibility index (Phi) is 8.77. The largest absolute Gasteiger partial charge is 0.506 e. The van der Waals surface area contributed by atoms with Crippen LogP contribution < -0.4 is 0 Å². The lowest BCUT2D eigenvalue weighted by Crippen LogP contribution is -2.17. The SMILES string of the molecule is Cc1c(Cl)c(O)c(/C=C/CCCCC/C=C/C(=O)C(C)(C)C)c(O)c1C=O. The van der Waals surface area contributed by atoms with E-state index in [1.165, 1.54) is 0 Å². The average molecular weight is 393 g/mol. The van der Waals surface area contributed by atoms with Crippen molar-refractivity contribution in [1.29, 1.82) is 0 Å². The smallest absolute Gasteiger partial charge is 0.160 e. The van der Waals surface area contributed by atoms with Crippen LogP contribution in [-0.2, 0) is 4.79 Å². The van der Waals surface area contributed by atoms with Crippen molar-refractivity contribution in [3.63, 3.8) is 0 Å². The van der Waals surface area contributed by atoms with Gasteiger partial charge in [-0.05, 0) is 44.2 Å². The molecule has 0 amide bonds. The molecule has 0 saturated heterocycles. The minimum absolute atomic E-state index is 0.0751. The molecule has 0 bridgehead atoms. The summed E-state index contributed by atoms with van der Waals surface area (Å²) in [6.45, 7) is 7.28. The summed E-state index contributed by atoms with van der Waals surface area (Å²) in [5.41, 5.74) is 0.281. The number of hydrogen-bond donors (Lipinski definition) is 2. The highest BCUT2D eigenvalue weighted by molar-refractivity contribution is 6.33. The normalized spacial score (nSPS) is 12.2. The minimum Gasteiger partial charge on any atom is -0.506 e. The van der Waals surface area contributed by atoms with Crippen molar-refractivity contribution in [1.82, 2.24) is 0 Å². The molecule has 0 aliphatic heterocycles. The molecule has 1 rings (SSSR count). The number of aromatic hydroxyl groups is 2. The van der Waals surface area contributed by atoms with E-state index < -0.39 is 0 Å². The Hall–Kier alpha value is -2.07. The Morgan fingerprint density at radius 1 is 1.00 bits per heavy atom. The fourth-order valence-corrected chi connectivity index (χ4v) is 2.70. The van der Waals surface area contributed by atoms with Gasteiger partial charge < -0.3 is 10.2 Å². The van der Waals surface area contributed by atoms with Crippen LogP contribution in [0, 0.1) is 12.3 Å². The molecule has 0 atom stereocenters. The van der Waals surface area contributed by atoms with E-state index in [9.17, 15) is 19.8 Å². The summed E-state index contributed by atoms with van der Waals surface area (Å²) in [6.07, 6.45) is 12.1. The lowest BCUT2D eigenvalue weighted by molar-refractivity contribution is -0.121. The van der Waals surface area contributed by atoms with E-state index in [-0.39, 0.29) is 38.8 Å². The van der Waals surface area contributed by atoms with Gasteiger partial charge in [0.2, 0.25) is 0 Å². The summed E-state index contributed by atoms with van der Waals surface area (Å²) in [6, 6.07) is 0. The van der Waals surface area contributed by atoms with Gasteiger partial charge in [-0.25, -0.2) is 0 Å². The third kappa shape index (κ3) is 6.55. The summed E-state index contributed by atoms with van der Waals surface area (Å²) in [4.78, 5) is 22.9. The Balaban J connectivity index is 2.49. The maximum absolute atomic E-state index is 11.8. The van der Waals surface area contributed by atoms with Crippen LogP contribution in [0.1, 0.15) is 74.4 Å². The molecule has 0 unspecified atom stereocenters. The third-order valence-electron chi connectivity index (χ3n) is 4.36. The Morgan fingerprint density at radius 2 is 1.59 bits per heavy atom. The molecule has 0 radical (unpaired) electrons. The zero-order chi connectivity index (χ0) is 20.6. The lowest BCUT2D eigenvalue weighted by Gasteiger charge is -2.12. The van der Waals surface area contributed by atoms with E-state index in [0.29, 0.717) is 11.8 Å². The average Bonchev–Trinajstić information content (AvgIpc) is 2.60. The molecule has 1 aromatic rings. The van der Waals surface area contributed by atoms with E-state index in [1.54, 1.807) is 19.1 Å². The summed E-state index contributed by atoms with van der Waals surface area (Å²) in [5, 5.41) is 20.3. The summed E-state index contributed by atoms with van der Waals surface area (Å²) in [5.74, 6) is -0.340. The van der Waals surface area contributed by atoms with Gasteiger partial charge in [-0.2, -0.15) is 0 Å². The van der Waals surface area contributed by atoms with Gasteiger partial charge in [0.05, 0.1) is 16.1 Å². The highest BCUT2D eigenvalue weighted by atomic mass is 35.5. The number of carbonyl (C=O) groups excluding carboxylic acids is 2. The number of unbranched alkanes of at least 4 members (excludes halogenated alkanes) is 4. The van der Waals surface area contributed by atoms with Gasteiger partial charge in [-0.1, -0.05) is 57.0 Å². The van der Waals surface area contributed by atoms with E-state index >= 15 is 0 Å². The molecule has 4 nitrogen and oxygen atoms in total. The molecule has 0 fully saturated rings. The Morgan fingerprint density at radius 3 is 2.15 bits per heavy atom. The third-order valence-corrected chi connectivity index (χ3v) is 4.82. The predicted octanol–water partition coefficient (Wildman–Crippen LogP) is 6.01. The monoisotopic (exact) mass is 392 g/mol. The topological polar surface area (TPSA) is 74.6 Å². The van der Waals surface area contributed by atoms with E-state index in [0.717, 1.165) is 32.1 Å². The summed E-state index contributed by atoms with van der Waals surface area (Å²) >= 11 is 6.02. The van der Waals surface area contributed by atoms with Crippen molar-refractivity contribution in [3.05, 3.63) is 39.9 Å². The molecule has 148 valence electrons. The Labute approximate surface area is 166 Å². The quantitative estimate of drug-likeness (QED) is 0.306. The summed E-state index contributed by atoms with van der Waals surface area (Å²) in [7, 11) is 0. The standard InChI is InChI=1S/C22H29ClO4/c1-15-17(14-24)20(26)16(21(27)19(15)23)12-10-8-6-5-7-9-11-13-18(25)22(2,3)4/h10-14,26-27H,5-9H2,1-4H3/b12-10+,13-11+. The van der Waals surface area contributed by atoms with Crippen LogP contribution >= 0.6 is 11.6 Å². The number of halogens is 1. The zero-order valence-electron chi connectivity index (χ0n) is 16.5. The van der Waals surface area contributed by atoms with Crippen molar-refractivity contribution in [2.45, 2.75) is 59.8 Å². The number of hydrogen-bond acceptors (Lipinski definition) is 4. The molecule has 0 heterocycles. The van der Waals surface area contributed by atoms with Gasteiger partial charge in [-0.15, -0.1) is 0 Å². The number of ketones is 1. The van der Waals surface area contributed by atoms with Crippen molar-refractivity contribution >= 4 is 29.7 Å². The van der Waals surface area contributed by atoms with Gasteiger partial charge in [0, 0.05) is 5.41 Å². The van der Waals surface area contributed by atoms with E-state index in [2.05, 4.69) is 0 Å². The van der Waals surface area contributed by atoms with Gasteiger partial charge >= 0.3 is 0 Å². The molecule has 0 aliphatic rings. The van der Waals surface area contributed by atoms with Crippen LogP contribution in [0.4, 0.5) is 0 Å². The first-order chi connectivity index (χ1) is 12.6. The maximum atomic E-state index is 11.8. The van der Waals surface area contributed by atoms with E-state index in [1.807, 2.05) is 32.9 Å². The number of phenols is 2. The Bertz CT molecular complexity index is 740. The highest BCUT2D eigenvalue weighted by Gasteiger charge is 2.18. The van der Waals surface area contributed by atoms with Gasteiger partial charge in [-0.3, -0.25) is 9.59 Å². The minimum atomic E-state index is -0.332. The van der Waals surface area contributed by atoms with Crippen LogP contribution in [0.15, 0.2) is 18.2 Å². The van der Waals surface area contributed by atoms with Crippen molar-refractivity contribution in [3.8, 4) is 11.5 Å². The fourth-order valence-electron chi connectivity index (χ4n) is 2.49. The molecule has 27 heavy (non-hydrogen) atoms. The van der Waals surface area contributed by atoms with Crippen LogP contribution in [0.3, 0.4) is 0 Å².